The van der Waals surface area contributed by atoms with Gasteiger partial charge in [0.25, 0.3) is 5.91 Å². The molecule has 0 atom stereocenters. The van der Waals surface area contributed by atoms with Crippen LogP contribution in [0.3, 0.4) is 0 Å². The smallest absolute Gasteiger partial charge is 0.691 e. The van der Waals surface area contributed by atoms with Gasteiger partial charge in [-0.25, -0.2) is 0 Å². The zero-order valence-electron chi connectivity index (χ0n) is 17.0. The van der Waals surface area contributed by atoms with Gasteiger partial charge in [-0.15, -0.1) is 5.11 Å². The predicted molar refractivity (Wildman–Crippen MR) is 107 cm³/mol. The number of nitrogens with one attached hydrogen (secondary N) is 1. The summed E-state index contributed by atoms with van der Waals surface area (Å²) in [6.45, 7) is 1.30. The number of rotatable bonds is 9. The Morgan fingerprint density at radius 3 is 2.35 bits per heavy atom. The number of ether oxygens (including phenoxy) is 2. The summed E-state index contributed by atoms with van der Waals surface area (Å²) in [5.74, 6) is -0.456. The first-order valence-corrected chi connectivity index (χ1v) is 9.29. The quantitative estimate of drug-likeness (QED) is 0.104. The Balaban J connectivity index is 0.00000480. The number of benzene rings is 2. The second-order valence-electron chi connectivity index (χ2n) is 5.49. The minimum absolute atomic E-state index is 0. The van der Waals surface area contributed by atoms with Crippen molar-refractivity contribution < 1.29 is 63.6 Å². The molecule has 0 radical (unpaired) electrons. The minimum atomic E-state index is -0.727. The molecule has 0 aromatic heterocycles. The van der Waals surface area contributed by atoms with Gasteiger partial charge in [-0.3, -0.25) is 9.83 Å². The Hall–Kier alpha value is -1.83. The number of halogens is 1. The maximum atomic E-state index is 12.6. The Kier molecular flexibility index (Phi) is 11.9. The van der Waals surface area contributed by atoms with Crippen LogP contribution in [0, 0.1) is 0 Å². The second-order valence-corrected chi connectivity index (χ2v) is 6.67. The third kappa shape index (κ3) is 7.98. The van der Waals surface area contributed by atoms with Crippen LogP contribution in [0.5, 0.6) is 11.5 Å². The predicted octanol–water partition coefficient (Wildman–Crippen LogP) is 1.10. The fraction of sp³-hybridized carbons (Fsp3) is 0.167. The molecule has 0 heterocycles. The van der Waals surface area contributed by atoms with Crippen LogP contribution in [0.2, 0.25) is 5.02 Å². The first-order chi connectivity index (χ1) is 14.4. The Bertz CT molecular complexity index is 954. The second kappa shape index (κ2) is 13.6. The van der Waals surface area contributed by atoms with Crippen molar-refractivity contribution in [3.63, 3.8) is 0 Å². The van der Waals surface area contributed by atoms with Crippen LogP contribution in [0.15, 0.2) is 63.0 Å². The zero-order valence-corrected chi connectivity index (χ0v) is 20.6. The number of aliphatic hydroxyl groups is 1. The SMILES string of the molecule is COc1cc(NC(=O)C(N=Nc2ccc(SOO[O-])cc2)=C(C)O)c(OC)cc1Cl.[Na+]. The third-order valence-electron chi connectivity index (χ3n) is 3.54. The summed E-state index contributed by atoms with van der Waals surface area (Å²) < 4.78 is 14.5. The average molecular weight is 478 g/mol. The molecule has 0 saturated heterocycles. The Labute approximate surface area is 209 Å². The number of nitrogens with zero attached hydrogens (tertiary/aromatic N) is 2. The van der Waals surface area contributed by atoms with E-state index in [0.29, 0.717) is 27.1 Å². The van der Waals surface area contributed by atoms with Crippen molar-refractivity contribution >= 4 is 40.9 Å². The van der Waals surface area contributed by atoms with E-state index in [1.807, 2.05) is 0 Å². The van der Waals surface area contributed by atoms with Gasteiger partial charge in [0.1, 0.15) is 17.3 Å². The maximum absolute atomic E-state index is 12.6. The first kappa shape index (κ1) is 27.2. The van der Waals surface area contributed by atoms with Crippen molar-refractivity contribution in [3.8, 4) is 11.5 Å². The monoisotopic (exact) mass is 477 g/mol. The average Bonchev–Trinajstić information content (AvgIpc) is 2.73. The maximum Gasteiger partial charge on any atom is 1.00 e. The number of aliphatic hydroxyl groups excluding tert-OH is 1. The van der Waals surface area contributed by atoms with Crippen molar-refractivity contribution in [1.82, 2.24) is 0 Å². The molecule has 160 valence electrons. The standard InChI is InChI=1S/C18H18ClN3O7S.Na/c1-10(23)17(22-21-11-4-6-12(7-5-11)30-29-28-25)18(24)20-14-9-15(26-2)13(19)8-16(14)27-3;/h4-9,23,25H,1-3H3,(H,20,24);/q;+1/p-1. The van der Waals surface area contributed by atoms with E-state index < -0.39 is 5.91 Å². The molecule has 0 aliphatic carbocycles. The molecule has 2 N–H and O–H groups in total. The van der Waals surface area contributed by atoms with E-state index in [4.69, 9.17) is 21.1 Å². The molecule has 13 heteroatoms. The number of methoxy groups -OCH3 is 2. The summed E-state index contributed by atoms with van der Waals surface area (Å²) in [5, 5.41) is 33.6. The summed E-state index contributed by atoms with van der Waals surface area (Å²) in [5.41, 5.74) is 0.340. The van der Waals surface area contributed by atoms with E-state index in [1.165, 1.54) is 33.3 Å². The van der Waals surface area contributed by atoms with Crippen LogP contribution < -0.4 is 49.6 Å². The molecule has 1 amide bonds. The molecule has 2 aromatic carbocycles. The molecule has 0 spiro atoms. The van der Waals surface area contributed by atoms with Gasteiger partial charge < -0.3 is 25.2 Å². The minimum Gasteiger partial charge on any atom is -0.691 e. The molecule has 10 nitrogen and oxygen atoms in total. The number of hydrogen-bond donors (Lipinski definition) is 2. The molecule has 2 aromatic rings. The summed E-state index contributed by atoms with van der Waals surface area (Å²) in [7, 11) is 2.85. The molecule has 0 saturated carbocycles. The van der Waals surface area contributed by atoms with Crippen LogP contribution in [0.1, 0.15) is 6.92 Å². The van der Waals surface area contributed by atoms with E-state index in [2.05, 4.69) is 24.9 Å². The van der Waals surface area contributed by atoms with E-state index in [9.17, 15) is 15.2 Å². The largest absolute Gasteiger partial charge is 1.00 e. The Morgan fingerprint density at radius 2 is 1.81 bits per heavy atom. The van der Waals surface area contributed by atoms with Crippen molar-refractivity contribution in [3.05, 3.63) is 52.9 Å². The Morgan fingerprint density at radius 1 is 1.16 bits per heavy atom. The summed E-state index contributed by atoms with van der Waals surface area (Å²) in [6, 6.07) is 9.28. The van der Waals surface area contributed by atoms with Crippen molar-refractivity contribution in [2.24, 2.45) is 10.2 Å². The number of carbonyl (C=O) groups is 1. The normalized spacial score (nSPS) is 11.5. The van der Waals surface area contributed by atoms with Crippen LogP contribution in [-0.4, -0.2) is 25.2 Å². The van der Waals surface area contributed by atoms with Crippen LogP contribution in [0.4, 0.5) is 11.4 Å². The summed E-state index contributed by atoms with van der Waals surface area (Å²) in [4.78, 5) is 13.2. The molecule has 2 rings (SSSR count). The summed E-state index contributed by atoms with van der Waals surface area (Å²) >= 11 is 6.77. The zero-order chi connectivity index (χ0) is 22.1. The first-order valence-electron chi connectivity index (χ1n) is 8.17. The summed E-state index contributed by atoms with van der Waals surface area (Å²) in [6.07, 6.45) is 0. The fourth-order valence-corrected chi connectivity index (χ4v) is 2.74. The van der Waals surface area contributed by atoms with E-state index in [1.54, 1.807) is 24.3 Å². The fourth-order valence-electron chi connectivity index (χ4n) is 2.15. The van der Waals surface area contributed by atoms with E-state index in [0.717, 1.165) is 12.0 Å². The van der Waals surface area contributed by atoms with Gasteiger partial charge in [0, 0.05) is 17.0 Å². The van der Waals surface area contributed by atoms with E-state index >= 15 is 0 Å². The van der Waals surface area contributed by atoms with Gasteiger partial charge in [0.15, 0.2) is 5.70 Å². The molecule has 0 unspecified atom stereocenters. The molecule has 0 aliphatic heterocycles. The van der Waals surface area contributed by atoms with Crippen LogP contribution in [-0.2, 0) is 14.2 Å². The van der Waals surface area contributed by atoms with Gasteiger partial charge in [0.2, 0.25) is 0 Å². The molecular formula is C18H17ClN3NaO7S. The number of allylic oxidation sites excluding steroid dienone is 1. The number of amides is 1. The number of hydrogen-bond acceptors (Lipinski definition) is 10. The van der Waals surface area contributed by atoms with Crippen molar-refractivity contribution in [2.75, 3.05) is 19.5 Å². The van der Waals surface area contributed by atoms with Gasteiger partial charge in [-0.1, -0.05) is 11.6 Å². The van der Waals surface area contributed by atoms with Gasteiger partial charge in [-0.2, -0.15) is 9.45 Å². The topological polar surface area (TPSA) is 134 Å². The third-order valence-corrected chi connectivity index (χ3v) is 4.42. The van der Waals surface area contributed by atoms with Crippen molar-refractivity contribution in [2.45, 2.75) is 11.8 Å². The van der Waals surface area contributed by atoms with Gasteiger partial charge in [-0.05, 0) is 31.2 Å². The van der Waals surface area contributed by atoms with Crippen molar-refractivity contribution in [1.29, 1.82) is 0 Å². The van der Waals surface area contributed by atoms with Gasteiger partial charge in [0.05, 0.1) is 42.7 Å². The molecule has 0 aliphatic rings. The number of anilines is 1. The van der Waals surface area contributed by atoms with Crippen LogP contribution >= 0.6 is 23.6 Å². The molecule has 31 heavy (non-hydrogen) atoms. The van der Waals surface area contributed by atoms with Gasteiger partial charge >= 0.3 is 29.6 Å². The number of carbonyl (C=O) groups excluding carboxylic acids is 1. The molecule has 0 fully saturated rings. The van der Waals surface area contributed by atoms with E-state index in [-0.39, 0.29) is 46.7 Å². The molecule has 0 bridgehead atoms. The van der Waals surface area contributed by atoms with Crippen LogP contribution in [0.25, 0.3) is 0 Å². The number of azo groups is 1. The molecular weight excluding hydrogens is 461 g/mol.